The lowest BCUT2D eigenvalue weighted by Crippen LogP contribution is -1.99. The summed E-state index contributed by atoms with van der Waals surface area (Å²) >= 11 is 0. The molecule has 25 heavy (non-hydrogen) atoms. The van der Waals surface area contributed by atoms with Crippen molar-refractivity contribution in [2.24, 2.45) is 0 Å². The van der Waals surface area contributed by atoms with Gasteiger partial charge >= 0.3 is 0 Å². The summed E-state index contributed by atoms with van der Waals surface area (Å²) in [6.07, 6.45) is 1.82. The summed E-state index contributed by atoms with van der Waals surface area (Å²) < 4.78 is 1.99. The highest BCUT2D eigenvalue weighted by molar-refractivity contribution is 5.72. The van der Waals surface area contributed by atoms with Crippen LogP contribution in [0.15, 0.2) is 79.0 Å². The zero-order valence-corrected chi connectivity index (χ0v) is 14.3. The Hall–Kier alpha value is -3.20. The van der Waals surface area contributed by atoms with Gasteiger partial charge in [-0.25, -0.2) is 4.68 Å². The van der Waals surface area contributed by atoms with E-state index >= 15 is 0 Å². The fraction of sp³-hybridized carbons (Fsp3) is 0.0909. The van der Waals surface area contributed by atoms with Crippen LogP contribution in [-0.4, -0.2) is 14.8 Å². The van der Waals surface area contributed by atoms with Gasteiger partial charge in [-0.05, 0) is 61.4 Å². The Bertz CT molecular complexity index is 1020. The van der Waals surface area contributed by atoms with Crippen molar-refractivity contribution >= 4 is 0 Å². The Morgan fingerprint density at radius 3 is 2.20 bits per heavy atom. The van der Waals surface area contributed by atoms with Crippen LogP contribution in [0.4, 0.5) is 0 Å². The van der Waals surface area contributed by atoms with Gasteiger partial charge in [-0.1, -0.05) is 36.4 Å². The molecule has 2 heterocycles. The number of nitrogens with zero attached hydrogens (tertiary/aromatic N) is 3. The molecular formula is C22H19N3. The minimum atomic E-state index is 0.985. The molecule has 0 aliphatic carbocycles. The van der Waals surface area contributed by atoms with Crippen LogP contribution in [0.5, 0.6) is 0 Å². The average molecular weight is 325 g/mol. The second-order valence-corrected chi connectivity index (χ2v) is 6.19. The first kappa shape index (κ1) is 15.3. The van der Waals surface area contributed by atoms with Gasteiger partial charge in [0.15, 0.2) is 0 Å². The number of benzene rings is 2. The molecule has 0 bridgehead atoms. The molecule has 2 aromatic carbocycles. The fourth-order valence-electron chi connectivity index (χ4n) is 3.10. The van der Waals surface area contributed by atoms with E-state index in [9.17, 15) is 0 Å². The predicted molar refractivity (Wildman–Crippen MR) is 102 cm³/mol. The molecule has 0 aliphatic heterocycles. The summed E-state index contributed by atoms with van der Waals surface area (Å²) in [4.78, 5) is 4.45. The first-order valence-corrected chi connectivity index (χ1v) is 8.36. The normalized spacial score (nSPS) is 10.8. The van der Waals surface area contributed by atoms with Gasteiger partial charge in [0.2, 0.25) is 0 Å². The third-order valence-electron chi connectivity index (χ3n) is 4.26. The summed E-state index contributed by atoms with van der Waals surface area (Å²) in [6.45, 7) is 4.10. The van der Waals surface area contributed by atoms with Crippen LogP contribution in [0.25, 0.3) is 28.1 Å². The Morgan fingerprint density at radius 1 is 0.720 bits per heavy atom. The van der Waals surface area contributed by atoms with Gasteiger partial charge in [0.05, 0.1) is 17.1 Å². The summed E-state index contributed by atoms with van der Waals surface area (Å²) in [5, 5.41) is 4.59. The third kappa shape index (κ3) is 3.09. The maximum atomic E-state index is 4.59. The van der Waals surface area contributed by atoms with Crippen molar-refractivity contribution in [2.75, 3.05) is 0 Å². The molecule has 4 rings (SSSR count). The molecule has 0 amide bonds. The maximum Gasteiger partial charge on any atom is 0.0702 e. The van der Waals surface area contributed by atoms with Crippen LogP contribution in [-0.2, 0) is 0 Å². The van der Waals surface area contributed by atoms with Gasteiger partial charge in [-0.2, -0.15) is 5.10 Å². The smallest absolute Gasteiger partial charge is 0.0702 e. The number of hydrogen-bond donors (Lipinski definition) is 0. The lowest BCUT2D eigenvalue weighted by atomic mass is 10.0. The minimum Gasteiger partial charge on any atom is -0.256 e. The van der Waals surface area contributed by atoms with E-state index in [4.69, 9.17) is 0 Å². The molecule has 3 heteroatoms. The van der Waals surface area contributed by atoms with Crippen molar-refractivity contribution in [3.05, 3.63) is 90.4 Å². The summed E-state index contributed by atoms with van der Waals surface area (Å²) in [5.74, 6) is 0. The van der Waals surface area contributed by atoms with E-state index in [0.717, 1.165) is 28.3 Å². The van der Waals surface area contributed by atoms with Gasteiger partial charge in [0.1, 0.15) is 0 Å². The largest absolute Gasteiger partial charge is 0.256 e. The molecule has 0 unspecified atom stereocenters. The predicted octanol–water partition coefficient (Wildman–Crippen LogP) is 5.22. The Labute approximate surface area is 147 Å². The second-order valence-electron chi connectivity index (χ2n) is 6.19. The van der Waals surface area contributed by atoms with Gasteiger partial charge < -0.3 is 0 Å². The zero-order chi connectivity index (χ0) is 17.2. The molecule has 0 saturated heterocycles. The van der Waals surface area contributed by atoms with E-state index in [1.165, 1.54) is 11.1 Å². The topological polar surface area (TPSA) is 30.7 Å². The van der Waals surface area contributed by atoms with Crippen molar-refractivity contribution in [2.45, 2.75) is 13.8 Å². The maximum absolute atomic E-state index is 4.59. The van der Waals surface area contributed by atoms with Gasteiger partial charge in [0, 0.05) is 17.5 Å². The first-order valence-electron chi connectivity index (χ1n) is 8.36. The minimum absolute atomic E-state index is 0.985. The Balaban J connectivity index is 1.76. The molecule has 0 aliphatic rings. The Morgan fingerprint density at radius 2 is 1.48 bits per heavy atom. The zero-order valence-electron chi connectivity index (χ0n) is 14.3. The van der Waals surface area contributed by atoms with E-state index in [-0.39, 0.29) is 0 Å². The van der Waals surface area contributed by atoms with E-state index in [2.05, 4.69) is 71.6 Å². The molecule has 2 aromatic heterocycles. The average Bonchev–Trinajstić information content (AvgIpc) is 3.01. The van der Waals surface area contributed by atoms with Crippen LogP contribution < -0.4 is 0 Å². The number of aromatic nitrogens is 3. The lowest BCUT2D eigenvalue weighted by Gasteiger charge is -2.09. The van der Waals surface area contributed by atoms with E-state index in [0.29, 0.717) is 0 Å². The van der Waals surface area contributed by atoms with Crippen molar-refractivity contribution in [3.8, 4) is 28.1 Å². The van der Waals surface area contributed by atoms with Crippen molar-refractivity contribution in [1.29, 1.82) is 0 Å². The van der Waals surface area contributed by atoms with Crippen LogP contribution in [0, 0.1) is 13.8 Å². The summed E-state index contributed by atoms with van der Waals surface area (Å²) in [7, 11) is 0. The highest BCUT2D eigenvalue weighted by atomic mass is 15.3. The molecule has 0 saturated carbocycles. The number of hydrogen-bond acceptors (Lipinski definition) is 2. The van der Waals surface area contributed by atoms with Crippen molar-refractivity contribution in [1.82, 2.24) is 14.8 Å². The van der Waals surface area contributed by atoms with E-state index in [1.54, 1.807) is 0 Å². The summed E-state index contributed by atoms with van der Waals surface area (Å²) in [6, 6.07) is 25.0. The van der Waals surface area contributed by atoms with Gasteiger partial charge in [-0.3, -0.25) is 4.98 Å². The van der Waals surface area contributed by atoms with Gasteiger partial charge in [0.25, 0.3) is 0 Å². The van der Waals surface area contributed by atoms with Crippen LogP contribution >= 0.6 is 0 Å². The molecule has 3 nitrogen and oxygen atoms in total. The molecule has 0 fully saturated rings. The SMILES string of the molecule is Cc1cc(C)n(-c2cccc(-c3cccc(-c4ccccn4)c3)c2)n1. The lowest BCUT2D eigenvalue weighted by molar-refractivity contribution is 0.834. The van der Waals surface area contributed by atoms with Gasteiger partial charge in [-0.15, -0.1) is 0 Å². The fourth-order valence-corrected chi connectivity index (χ4v) is 3.10. The van der Waals surface area contributed by atoms with Crippen LogP contribution in [0.3, 0.4) is 0 Å². The van der Waals surface area contributed by atoms with E-state index < -0.39 is 0 Å². The standard InChI is InChI=1S/C22H19N3/c1-16-13-17(2)25(24-16)21-10-6-8-19(15-21)18-7-5-9-20(14-18)22-11-3-4-12-23-22/h3-15H,1-2H3. The second kappa shape index (κ2) is 6.36. The number of rotatable bonds is 3. The monoisotopic (exact) mass is 325 g/mol. The van der Waals surface area contributed by atoms with E-state index in [1.807, 2.05) is 36.0 Å². The highest BCUT2D eigenvalue weighted by Crippen LogP contribution is 2.27. The Kier molecular flexibility index (Phi) is 3.90. The summed E-state index contributed by atoms with van der Waals surface area (Å²) in [5.41, 5.74) is 7.69. The highest BCUT2D eigenvalue weighted by Gasteiger charge is 2.07. The first-order chi connectivity index (χ1) is 12.2. The third-order valence-corrected chi connectivity index (χ3v) is 4.26. The molecule has 0 spiro atoms. The van der Waals surface area contributed by atoms with Crippen molar-refractivity contribution < 1.29 is 0 Å². The molecule has 0 atom stereocenters. The van der Waals surface area contributed by atoms with Crippen LogP contribution in [0.1, 0.15) is 11.4 Å². The molecule has 0 N–H and O–H groups in total. The molecular weight excluding hydrogens is 306 g/mol. The molecule has 0 radical (unpaired) electrons. The number of pyridine rings is 1. The number of aryl methyl sites for hydroxylation is 2. The molecule has 122 valence electrons. The quantitative estimate of drug-likeness (QED) is 0.517. The van der Waals surface area contributed by atoms with Crippen molar-refractivity contribution in [3.63, 3.8) is 0 Å². The van der Waals surface area contributed by atoms with Crippen LogP contribution in [0.2, 0.25) is 0 Å². The molecule has 4 aromatic rings.